The van der Waals surface area contributed by atoms with Gasteiger partial charge in [0.2, 0.25) is 5.95 Å². The van der Waals surface area contributed by atoms with Gasteiger partial charge in [-0.15, -0.1) is 0 Å². The average Bonchev–Trinajstić information content (AvgIpc) is 2.80. The van der Waals surface area contributed by atoms with Crippen molar-refractivity contribution in [2.24, 2.45) is 0 Å². The molecule has 0 N–H and O–H groups in total. The summed E-state index contributed by atoms with van der Waals surface area (Å²) in [5.74, 6) is 0.560. The number of anilines is 1. The Morgan fingerprint density at radius 2 is 1.88 bits per heavy atom. The molecule has 0 unspecified atom stereocenters. The van der Waals surface area contributed by atoms with E-state index in [0.717, 1.165) is 25.1 Å². The van der Waals surface area contributed by atoms with Gasteiger partial charge in [-0.05, 0) is 31.5 Å². The summed E-state index contributed by atoms with van der Waals surface area (Å²) in [7, 11) is 0. The fraction of sp³-hybridized carbons (Fsp3) is 0.500. The molecule has 3 rings (SSSR count). The summed E-state index contributed by atoms with van der Waals surface area (Å²) in [6, 6.07) is 4.00. The number of hydrogen-bond acceptors (Lipinski definition) is 6. The molecule has 33 heavy (non-hydrogen) atoms. The van der Waals surface area contributed by atoms with E-state index in [4.69, 9.17) is 21.1 Å². The molecule has 0 atom stereocenters. The molecule has 1 aromatic carbocycles. The van der Waals surface area contributed by atoms with Gasteiger partial charge in [0.1, 0.15) is 5.69 Å². The van der Waals surface area contributed by atoms with Crippen molar-refractivity contribution in [2.45, 2.75) is 32.9 Å². The molecular formula is C22H26ClF3N4O3. The van der Waals surface area contributed by atoms with Gasteiger partial charge < -0.3 is 19.3 Å². The topological polar surface area (TPSA) is 67.8 Å². The Balaban J connectivity index is 1.70. The van der Waals surface area contributed by atoms with Gasteiger partial charge in [-0.3, -0.25) is 4.79 Å². The molecule has 2 heterocycles. The Labute approximate surface area is 195 Å². The number of alkyl halides is 3. The predicted molar refractivity (Wildman–Crippen MR) is 118 cm³/mol. The summed E-state index contributed by atoms with van der Waals surface area (Å²) in [6.45, 7) is 5.96. The first-order valence-electron chi connectivity index (χ1n) is 10.8. The van der Waals surface area contributed by atoms with Crippen LogP contribution in [0.4, 0.5) is 19.1 Å². The zero-order valence-corrected chi connectivity index (χ0v) is 19.2. The number of carbonyl (C=O) groups excluding carboxylic acids is 1. The summed E-state index contributed by atoms with van der Waals surface area (Å²) < 4.78 is 50.2. The first-order chi connectivity index (χ1) is 15.7. The van der Waals surface area contributed by atoms with E-state index in [9.17, 15) is 18.0 Å². The van der Waals surface area contributed by atoms with Gasteiger partial charge in [0, 0.05) is 37.9 Å². The van der Waals surface area contributed by atoms with E-state index in [2.05, 4.69) is 16.9 Å². The first-order valence-corrected chi connectivity index (χ1v) is 11.2. The van der Waals surface area contributed by atoms with Crippen molar-refractivity contribution >= 4 is 23.5 Å². The standard InChI is InChI=1S/C22H26ClF3N4O3/c1-3-5-12-33-19-16(23)13-15(14-17(19)32-4-2)20(31)29-8-10-30(11-9-29)21-27-7-6-18(28-21)22(24,25)26/h6-7,13-14H,3-5,8-12H2,1-2H3. The van der Waals surface area contributed by atoms with Crippen LogP contribution in [0.2, 0.25) is 5.02 Å². The lowest BCUT2D eigenvalue weighted by Crippen LogP contribution is -2.49. The summed E-state index contributed by atoms with van der Waals surface area (Å²) in [5, 5.41) is 0.288. The van der Waals surface area contributed by atoms with Crippen LogP contribution < -0.4 is 14.4 Å². The van der Waals surface area contributed by atoms with Crippen LogP contribution in [0, 0.1) is 0 Å². The lowest BCUT2D eigenvalue weighted by molar-refractivity contribution is -0.141. The lowest BCUT2D eigenvalue weighted by atomic mass is 10.1. The second-order valence-corrected chi connectivity index (χ2v) is 7.85. The van der Waals surface area contributed by atoms with E-state index < -0.39 is 11.9 Å². The van der Waals surface area contributed by atoms with E-state index in [1.54, 1.807) is 21.9 Å². The molecule has 1 fully saturated rings. The number of rotatable bonds is 8. The molecule has 0 radical (unpaired) electrons. The Morgan fingerprint density at radius 3 is 2.52 bits per heavy atom. The maximum absolute atomic E-state index is 13.1. The Bertz CT molecular complexity index is 966. The van der Waals surface area contributed by atoms with Crippen molar-refractivity contribution in [2.75, 3.05) is 44.3 Å². The number of benzene rings is 1. The van der Waals surface area contributed by atoms with Gasteiger partial charge in [-0.1, -0.05) is 24.9 Å². The summed E-state index contributed by atoms with van der Waals surface area (Å²) >= 11 is 6.39. The van der Waals surface area contributed by atoms with Crippen LogP contribution in [0.1, 0.15) is 42.7 Å². The zero-order valence-electron chi connectivity index (χ0n) is 18.5. The molecule has 0 saturated carbocycles. The monoisotopic (exact) mass is 486 g/mol. The number of carbonyl (C=O) groups is 1. The highest BCUT2D eigenvalue weighted by Gasteiger charge is 2.34. The number of hydrogen-bond donors (Lipinski definition) is 0. The lowest BCUT2D eigenvalue weighted by Gasteiger charge is -2.35. The van der Waals surface area contributed by atoms with Crippen molar-refractivity contribution in [1.82, 2.24) is 14.9 Å². The Hall–Kier alpha value is -2.75. The predicted octanol–water partition coefficient (Wildman–Crippen LogP) is 4.69. The number of ether oxygens (including phenoxy) is 2. The van der Waals surface area contributed by atoms with Crippen molar-refractivity contribution in [3.05, 3.63) is 40.7 Å². The third kappa shape index (κ3) is 6.19. The van der Waals surface area contributed by atoms with Gasteiger partial charge in [0.05, 0.1) is 18.2 Å². The molecular weight excluding hydrogens is 461 g/mol. The third-order valence-corrected chi connectivity index (χ3v) is 5.36. The van der Waals surface area contributed by atoms with Crippen molar-refractivity contribution in [3.63, 3.8) is 0 Å². The minimum absolute atomic E-state index is 0.00724. The van der Waals surface area contributed by atoms with Crippen molar-refractivity contribution < 1.29 is 27.4 Å². The maximum Gasteiger partial charge on any atom is 0.433 e. The second kappa shape index (κ2) is 10.9. The smallest absolute Gasteiger partial charge is 0.433 e. The van der Waals surface area contributed by atoms with Gasteiger partial charge >= 0.3 is 6.18 Å². The average molecular weight is 487 g/mol. The molecule has 0 aliphatic carbocycles. The summed E-state index contributed by atoms with van der Waals surface area (Å²) in [5.41, 5.74) is -0.639. The van der Waals surface area contributed by atoms with Crippen LogP contribution in [0.25, 0.3) is 0 Å². The fourth-order valence-corrected chi connectivity index (χ4v) is 3.63. The molecule has 1 aliphatic rings. The van der Waals surface area contributed by atoms with Gasteiger partial charge in [0.15, 0.2) is 11.5 Å². The minimum Gasteiger partial charge on any atom is -0.490 e. The number of unbranched alkanes of at least 4 members (excludes halogenated alkanes) is 1. The number of halogens is 4. The highest BCUT2D eigenvalue weighted by atomic mass is 35.5. The number of nitrogens with zero attached hydrogens (tertiary/aromatic N) is 4. The molecule has 0 bridgehead atoms. The molecule has 1 aliphatic heterocycles. The van der Waals surface area contributed by atoms with Gasteiger partial charge in [-0.2, -0.15) is 13.2 Å². The van der Waals surface area contributed by atoms with E-state index >= 15 is 0 Å². The SMILES string of the molecule is CCCCOc1c(Cl)cc(C(=O)N2CCN(c3nccc(C(F)(F)F)n3)CC2)cc1OCC. The Kier molecular flexibility index (Phi) is 8.23. The first kappa shape index (κ1) is 24.9. The van der Waals surface area contributed by atoms with E-state index in [0.29, 0.717) is 56.5 Å². The molecule has 1 aromatic heterocycles. The molecule has 2 aromatic rings. The highest BCUT2D eigenvalue weighted by Crippen LogP contribution is 2.37. The Morgan fingerprint density at radius 1 is 1.15 bits per heavy atom. The summed E-state index contributed by atoms with van der Waals surface area (Å²) in [4.78, 5) is 23.9. The van der Waals surface area contributed by atoms with Crippen LogP contribution in [-0.4, -0.2) is 60.2 Å². The van der Waals surface area contributed by atoms with Crippen molar-refractivity contribution in [1.29, 1.82) is 0 Å². The largest absolute Gasteiger partial charge is 0.490 e. The normalized spacial score (nSPS) is 14.4. The van der Waals surface area contributed by atoms with Crippen LogP contribution in [0.5, 0.6) is 11.5 Å². The minimum atomic E-state index is -4.54. The van der Waals surface area contributed by atoms with E-state index in [-0.39, 0.29) is 16.9 Å². The number of piperazine rings is 1. The van der Waals surface area contributed by atoms with E-state index in [1.165, 1.54) is 0 Å². The van der Waals surface area contributed by atoms with Crippen LogP contribution in [0.15, 0.2) is 24.4 Å². The number of amides is 1. The number of aromatic nitrogens is 2. The molecule has 180 valence electrons. The molecule has 0 spiro atoms. The molecule has 11 heteroatoms. The van der Waals surface area contributed by atoms with Crippen LogP contribution >= 0.6 is 11.6 Å². The van der Waals surface area contributed by atoms with Crippen molar-refractivity contribution in [3.8, 4) is 11.5 Å². The zero-order chi connectivity index (χ0) is 24.0. The molecule has 1 amide bonds. The summed E-state index contributed by atoms with van der Waals surface area (Å²) in [6.07, 6.45) is -1.62. The quantitative estimate of drug-likeness (QED) is 0.504. The highest BCUT2D eigenvalue weighted by molar-refractivity contribution is 6.32. The second-order valence-electron chi connectivity index (χ2n) is 7.44. The van der Waals surface area contributed by atoms with Crippen LogP contribution in [-0.2, 0) is 6.18 Å². The molecule has 1 saturated heterocycles. The molecule has 7 nitrogen and oxygen atoms in total. The third-order valence-electron chi connectivity index (χ3n) is 5.08. The van der Waals surface area contributed by atoms with Gasteiger partial charge in [0.25, 0.3) is 5.91 Å². The maximum atomic E-state index is 13.1. The van der Waals surface area contributed by atoms with Crippen LogP contribution in [0.3, 0.4) is 0 Å². The van der Waals surface area contributed by atoms with Gasteiger partial charge in [-0.25, -0.2) is 9.97 Å². The fourth-order valence-electron chi connectivity index (χ4n) is 3.36. The van der Waals surface area contributed by atoms with E-state index in [1.807, 2.05) is 6.92 Å².